The molecule has 0 saturated carbocycles. The van der Waals surface area contributed by atoms with Crippen LogP contribution in [0.15, 0.2) is 12.3 Å². The van der Waals surface area contributed by atoms with E-state index in [1.54, 1.807) is 12.5 Å². The molecule has 0 fully saturated rings. The Labute approximate surface area is 59.3 Å². The van der Waals surface area contributed by atoms with Gasteiger partial charge in [-0.3, -0.25) is 0 Å². The smallest absolute Gasteiger partial charge is 0.0409 e. The third kappa shape index (κ3) is 3.04. The van der Waals surface area contributed by atoms with Gasteiger partial charge in [-0.05, 0) is 30.8 Å². The molecular formula is C5H9NS2. The molecule has 0 aliphatic carbocycles. The number of hydrogen-bond acceptors (Lipinski definition) is 3. The van der Waals surface area contributed by atoms with Gasteiger partial charge in [0.2, 0.25) is 0 Å². The van der Waals surface area contributed by atoms with Gasteiger partial charge in [-0.1, -0.05) is 0 Å². The topological polar surface area (TPSA) is 12.9 Å². The highest BCUT2D eigenvalue weighted by atomic mass is 32.1. The van der Waals surface area contributed by atoms with Gasteiger partial charge >= 0.3 is 0 Å². The summed E-state index contributed by atoms with van der Waals surface area (Å²) in [5.41, 5.74) is 0. The number of nitrogens with zero attached hydrogens (tertiary/aromatic N) is 1. The molecule has 0 atom stereocenters. The number of aryl methyl sites for hydroxylation is 1. The van der Waals surface area contributed by atoms with Gasteiger partial charge in [0.15, 0.2) is 0 Å². The van der Waals surface area contributed by atoms with E-state index in [0.29, 0.717) is 0 Å². The molecule has 46 valence electrons. The summed E-state index contributed by atoms with van der Waals surface area (Å²) < 4.78 is 3.86. The third-order valence-electron chi connectivity index (χ3n) is 0.567. The van der Waals surface area contributed by atoms with E-state index in [9.17, 15) is 0 Å². The van der Waals surface area contributed by atoms with Gasteiger partial charge in [-0.2, -0.15) is 12.6 Å². The summed E-state index contributed by atoms with van der Waals surface area (Å²) in [6.45, 7) is 2.04. The molecule has 3 heteroatoms. The normalized spacial score (nSPS) is 7.38. The first-order valence-electron chi connectivity index (χ1n) is 2.21. The van der Waals surface area contributed by atoms with Crippen LogP contribution in [0.1, 0.15) is 4.88 Å². The second-order valence-electron chi connectivity index (χ2n) is 1.12. The molecule has 0 unspecified atom stereocenters. The van der Waals surface area contributed by atoms with Crippen molar-refractivity contribution in [2.24, 2.45) is 0 Å². The van der Waals surface area contributed by atoms with Crippen LogP contribution in [0, 0.1) is 6.92 Å². The number of rotatable bonds is 0. The summed E-state index contributed by atoms with van der Waals surface area (Å²) >= 11 is 5.06. The van der Waals surface area contributed by atoms with Crippen molar-refractivity contribution >= 4 is 24.2 Å². The number of thiol groups is 1. The summed E-state index contributed by atoms with van der Waals surface area (Å²) in [6, 6.07) is 1.99. The molecule has 1 heterocycles. The van der Waals surface area contributed by atoms with Gasteiger partial charge in [0.05, 0.1) is 0 Å². The molecule has 0 aromatic carbocycles. The molecule has 0 spiro atoms. The number of aromatic nitrogens is 1. The van der Waals surface area contributed by atoms with Crippen molar-refractivity contribution in [3.05, 3.63) is 17.1 Å². The van der Waals surface area contributed by atoms with Crippen LogP contribution in [0.5, 0.6) is 0 Å². The lowest BCUT2D eigenvalue weighted by Crippen LogP contribution is -1.43. The third-order valence-corrected chi connectivity index (χ3v) is 1.22. The fourth-order valence-electron chi connectivity index (χ4n) is 0.279. The SMILES string of the molecule is CS.Cc1ccns1. The van der Waals surface area contributed by atoms with Crippen LogP contribution in [-0.4, -0.2) is 10.6 Å². The Balaban J connectivity index is 0.000000222. The zero-order valence-corrected chi connectivity index (χ0v) is 6.67. The Kier molecular flexibility index (Phi) is 5.11. The van der Waals surface area contributed by atoms with Crippen molar-refractivity contribution in [2.75, 3.05) is 6.26 Å². The van der Waals surface area contributed by atoms with E-state index >= 15 is 0 Å². The predicted octanol–water partition coefficient (Wildman–Crippen LogP) is 2.00. The van der Waals surface area contributed by atoms with E-state index in [0.717, 1.165) is 0 Å². The Bertz CT molecular complexity index is 114. The largest absolute Gasteiger partial charge is 0.201 e. The molecule has 0 amide bonds. The molecule has 8 heavy (non-hydrogen) atoms. The highest BCUT2D eigenvalue weighted by Crippen LogP contribution is 1.98. The predicted molar refractivity (Wildman–Crippen MR) is 41.8 cm³/mol. The highest BCUT2D eigenvalue weighted by Gasteiger charge is 1.76. The first-order valence-corrected chi connectivity index (χ1v) is 3.88. The summed E-state index contributed by atoms with van der Waals surface area (Å²) in [5, 5.41) is 0. The Morgan fingerprint density at radius 1 is 1.62 bits per heavy atom. The molecular weight excluding hydrogens is 138 g/mol. The van der Waals surface area contributed by atoms with E-state index in [4.69, 9.17) is 0 Å². The standard InChI is InChI=1S/C4H5NS.CH4S/c1-4-2-3-5-6-4;1-2/h2-3H,1H3;2H,1H3. The van der Waals surface area contributed by atoms with E-state index in [2.05, 4.69) is 17.0 Å². The molecule has 1 aromatic rings. The minimum Gasteiger partial charge on any atom is -0.201 e. The number of hydrogen-bond donors (Lipinski definition) is 1. The van der Waals surface area contributed by atoms with Gasteiger partial charge < -0.3 is 0 Å². The highest BCUT2D eigenvalue weighted by molar-refractivity contribution is 7.79. The van der Waals surface area contributed by atoms with Crippen LogP contribution in [0.4, 0.5) is 0 Å². The van der Waals surface area contributed by atoms with Crippen LogP contribution >= 0.6 is 24.2 Å². The summed E-state index contributed by atoms with van der Waals surface area (Å²) in [7, 11) is 0. The summed E-state index contributed by atoms with van der Waals surface area (Å²) in [5.74, 6) is 0. The van der Waals surface area contributed by atoms with Crippen LogP contribution < -0.4 is 0 Å². The molecule has 0 N–H and O–H groups in total. The minimum absolute atomic E-state index is 1.27. The molecule has 1 nitrogen and oxygen atoms in total. The van der Waals surface area contributed by atoms with Crippen molar-refractivity contribution in [3.63, 3.8) is 0 Å². The van der Waals surface area contributed by atoms with E-state index < -0.39 is 0 Å². The van der Waals surface area contributed by atoms with E-state index in [-0.39, 0.29) is 0 Å². The fraction of sp³-hybridized carbons (Fsp3) is 0.400. The lowest BCUT2D eigenvalue weighted by atomic mass is 10.6. The average Bonchev–Trinajstić information content (AvgIpc) is 2.24. The fourth-order valence-corrected chi connectivity index (χ4v) is 0.689. The molecule has 1 aromatic heterocycles. The maximum Gasteiger partial charge on any atom is 0.0409 e. The lowest BCUT2D eigenvalue weighted by Gasteiger charge is -1.63. The Hall–Kier alpha value is -0.0200. The second-order valence-corrected chi connectivity index (χ2v) is 2.16. The van der Waals surface area contributed by atoms with Crippen LogP contribution in [0.3, 0.4) is 0 Å². The second kappa shape index (κ2) is 5.12. The molecule has 0 aliphatic heterocycles. The van der Waals surface area contributed by atoms with Crippen molar-refractivity contribution in [1.82, 2.24) is 4.37 Å². The first-order chi connectivity index (χ1) is 3.89. The molecule has 0 radical (unpaired) electrons. The Morgan fingerprint density at radius 3 is 2.38 bits per heavy atom. The monoisotopic (exact) mass is 147 g/mol. The molecule has 0 aliphatic rings. The van der Waals surface area contributed by atoms with Gasteiger partial charge in [-0.15, -0.1) is 0 Å². The summed E-state index contributed by atoms with van der Waals surface area (Å²) in [6.07, 6.45) is 3.50. The summed E-state index contributed by atoms with van der Waals surface area (Å²) in [4.78, 5) is 1.27. The van der Waals surface area contributed by atoms with Crippen molar-refractivity contribution in [2.45, 2.75) is 6.92 Å². The lowest BCUT2D eigenvalue weighted by molar-refractivity contribution is 1.57. The van der Waals surface area contributed by atoms with Crippen molar-refractivity contribution in [1.29, 1.82) is 0 Å². The maximum atomic E-state index is 3.86. The van der Waals surface area contributed by atoms with Gasteiger partial charge in [0.25, 0.3) is 0 Å². The molecule has 0 bridgehead atoms. The molecule has 0 saturated heterocycles. The van der Waals surface area contributed by atoms with Crippen molar-refractivity contribution in [3.8, 4) is 0 Å². The van der Waals surface area contributed by atoms with Crippen LogP contribution in [0.2, 0.25) is 0 Å². The van der Waals surface area contributed by atoms with Crippen molar-refractivity contribution < 1.29 is 0 Å². The van der Waals surface area contributed by atoms with Gasteiger partial charge in [0.1, 0.15) is 0 Å². The zero-order chi connectivity index (χ0) is 6.41. The average molecular weight is 147 g/mol. The van der Waals surface area contributed by atoms with Crippen LogP contribution in [0.25, 0.3) is 0 Å². The Morgan fingerprint density at radius 2 is 2.25 bits per heavy atom. The first kappa shape index (κ1) is 7.98. The van der Waals surface area contributed by atoms with E-state index in [1.807, 2.05) is 13.0 Å². The zero-order valence-electron chi connectivity index (χ0n) is 4.96. The minimum atomic E-state index is 1.27. The quantitative estimate of drug-likeness (QED) is 0.554. The molecule has 1 rings (SSSR count). The van der Waals surface area contributed by atoms with Gasteiger partial charge in [-0.25, -0.2) is 4.37 Å². The van der Waals surface area contributed by atoms with E-state index in [1.165, 1.54) is 16.4 Å². The maximum absolute atomic E-state index is 3.86. The van der Waals surface area contributed by atoms with Gasteiger partial charge in [0, 0.05) is 11.1 Å². The van der Waals surface area contributed by atoms with Crippen LogP contribution in [-0.2, 0) is 0 Å².